The molecule has 1 N–H and O–H groups in total. The van der Waals surface area contributed by atoms with Crippen LogP contribution in [0, 0.1) is 11.3 Å². The summed E-state index contributed by atoms with van der Waals surface area (Å²) in [5, 5.41) is 19.7. The maximum Gasteiger partial charge on any atom is 0.416 e. The van der Waals surface area contributed by atoms with E-state index in [0.717, 1.165) is 6.07 Å². The first-order valence-corrected chi connectivity index (χ1v) is 9.96. The molecule has 0 saturated heterocycles. The SMILES string of the molecule is N#Cc1nn(-c2c(Cl)cc(C(F)(F)F)cc2Cl)c(N(CC(F)(F)F)C(=O)O)c1C1(C(F)(F)F)CC1(F)F. The first-order valence-electron chi connectivity index (χ1n) is 9.21. The molecule has 6 nitrogen and oxygen atoms in total. The number of carbonyl (C=O) groups is 1. The number of rotatable bonds is 4. The molecule has 0 radical (unpaired) electrons. The second kappa shape index (κ2) is 8.51. The fourth-order valence-electron chi connectivity index (χ4n) is 3.64. The van der Waals surface area contributed by atoms with Crippen molar-refractivity contribution in [1.29, 1.82) is 5.26 Å². The highest BCUT2D eigenvalue weighted by Crippen LogP contribution is 2.71. The number of anilines is 1. The number of amides is 1. The summed E-state index contributed by atoms with van der Waals surface area (Å²) in [5.74, 6) is -6.59. The molecule has 19 heteroatoms. The number of nitrogens with zero attached hydrogens (tertiary/aromatic N) is 4. The number of hydrogen-bond donors (Lipinski definition) is 1. The van der Waals surface area contributed by atoms with Gasteiger partial charge >= 0.3 is 24.6 Å². The molecule has 1 aliphatic carbocycles. The lowest BCUT2D eigenvalue weighted by molar-refractivity contribution is -0.182. The van der Waals surface area contributed by atoms with Gasteiger partial charge in [-0.1, -0.05) is 23.2 Å². The summed E-state index contributed by atoms with van der Waals surface area (Å²) in [4.78, 5) is 10.9. The van der Waals surface area contributed by atoms with Gasteiger partial charge in [0.2, 0.25) is 0 Å². The predicted octanol–water partition coefficient (Wildman–Crippen LogP) is 6.96. The maximum absolute atomic E-state index is 14.3. The molecule has 1 saturated carbocycles. The minimum atomic E-state index is -5.96. The van der Waals surface area contributed by atoms with Crippen molar-refractivity contribution >= 4 is 35.1 Å². The summed E-state index contributed by atoms with van der Waals surface area (Å²) in [7, 11) is 0. The van der Waals surface area contributed by atoms with Gasteiger partial charge in [-0.2, -0.15) is 49.9 Å². The lowest BCUT2D eigenvalue weighted by Gasteiger charge is -2.27. The van der Waals surface area contributed by atoms with E-state index < -0.39 is 92.2 Å². The van der Waals surface area contributed by atoms with E-state index in [1.807, 2.05) is 0 Å². The fourth-order valence-corrected chi connectivity index (χ4v) is 4.29. The molecule has 0 aliphatic heterocycles. The van der Waals surface area contributed by atoms with E-state index in [1.54, 1.807) is 0 Å². The van der Waals surface area contributed by atoms with Gasteiger partial charge < -0.3 is 5.11 Å². The lowest BCUT2D eigenvalue weighted by atomic mass is 9.93. The van der Waals surface area contributed by atoms with E-state index in [2.05, 4.69) is 5.10 Å². The molecular formula is C18H7Cl2F11N4O2. The highest BCUT2D eigenvalue weighted by Gasteiger charge is 2.86. The van der Waals surface area contributed by atoms with Crippen molar-refractivity contribution in [3.8, 4) is 11.8 Å². The van der Waals surface area contributed by atoms with Gasteiger partial charge in [-0.15, -0.1) is 0 Å². The Morgan fingerprint density at radius 3 is 1.92 bits per heavy atom. The maximum atomic E-state index is 14.3. The molecule has 1 heterocycles. The van der Waals surface area contributed by atoms with Gasteiger partial charge in [-0.3, -0.25) is 4.90 Å². The van der Waals surface area contributed by atoms with E-state index in [9.17, 15) is 63.5 Å². The predicted molar refractivity (Wildman–Crippen MR) is 102 cm³/mol. The van der Waals surface area contributed by atoms with E-state index >= 15 is 0 Å². The third-order valence-electron chi connectivity index (χ3n) is 5.24. The Kier molecular flexibility index (Phi) is 6.57. The zero-order chi connectivity index (χ0) is 28.5. The fraction of sp³-hybridized carbons (Fsp3) is 0.389. The standard InChI is InChI=1S/C18H7Cl2F11N4O2/c19-7-1-6(17(26,27)28)2-8(20)11(7)35-12(34(13(36)37)5-16(23,24)25)10(9(3-32)33-35)14(18(29,30)31)4-15(14,21)22/h1-2H,4-5H2,(H,36,37). The van der Waals surface area contributed by atoms with Crippen LogP contribution in [-0.2, 0) is 11.6 Å². The van der Waals surface area contributed by atoms with Gasteiger partial charge in [0, 0.05) is 6.42 Å². The van der Waals surface area contributed by atoms with Crippen LogP contribution in [-0.4, -0.2) is 45.8 Å². The van der Waals surface area contributed by atoms with Crippen LogP contribution < -0.4 is 4.90 Å². The number of halogens is 13. The Bertz CT molecular complexity index is 1290. The molecule has 1 unspecified atom stereocenters. The zero-order valence-electron chi connectivity index (χ0n) is 17.1. The number of aromatic nitrogens is 2. The molecule has 1 aromatic heterocycles. The van der Waals surface area contributed by atoms with Crippen molar-refractivity contribution in [2.45, 2.75) is 36.3 Å². The van der Waals surface area contributed by atoms with Gasteiger partial charge in [-0.05, 0) is 12.1 Å². The van der Waals surface area contributed by atoms with Crippen LogP contribution in [0.4, 0.5) is 58.9 Å². The number of nitriles is 1. The monoisotopic (exact) mass is 590 g/mol. The Balaban J connectivity index is 2.51. The summed E-state index contributed by atoms with van der Waals surface area (Å²) in [6.45, 7) is -2.60. The van der Waals surface area contributed by atoms with Crippen molar-refractivity contribution in [3.63, 3.8) is 0 Å². The molecule has 1 atom stereocenters. The Morgan fingerprint density at radius 1 is 1.11 bits per heavy atom. The molecule has 0 bridgehead atoms. The molecule has 1 fully saturated rings. The third kappa shape index (κ3) is 4.72. The largest absolute Gasteiger partial charge is 0.465 e. The smallest absolute Gasteiger partial charge is 0.416 e. The first-order chi connectivity index (χ1) is 16.6. The van der Waals surface area contributed by atoms with Gasteiger partial charge in [0.05, 0.1) is 21.2 Å². The van der Waals surface area contributed by atoms with E-state index in [-0.39, 0.29) is 16.8 Å². The topological polar surface area (TPSA) is 82.2 Å². The van der Waals surface area contributed by atoms with E-state index in [1.165, 1.54) is 0 Å². The van der Waals surface area contributed by atoms with Crippen LogP contribution in [0.25, 0.3) is 5.69 Å². The molecule has 1 aromatic carbocycles. The van der Waals surface area contributed by atoms with Gasteiger partial charge in [0.15, 0.2) is 11.1 Å². The number of hydrogen-bond acceptors (Lipinski definition) is 3. The molecule has 1 amide bonds. The van der Waals surface area contributed by atoms with Crippen LogP contribution in [0.2, 0.25) is 10.0 Å². The van der Waals surface area contributed by atoms with Gasteiger partial charge in [0.25, 0.3) is 5.92 Å². The van der Waals surface area contributed by atoms with Crippen molar-refractivity contribution in [2.75, 3.05) is 11.4 Å². The number of alkyl halides is 11. The van der Waals surface area contributed by atoms with Crippen molar-refractivity contribution in [1.82, 2.24) is 9.78 Å². The minimum absolute atomic E-state index is 0.125. The Labute approximate surface area is 207 Å². The molecule has 2 aromatic rings. The molecule has 202 valence electrons. The zero-order valence-corrected chi connectivity index (χ0v) is 18.6. The van der Waals surface area contributed by atoms with E-state index in [4.69, 9.17) is 23.2 Å². The second-order valence-corrected chi connectivity index (χ2v) is 8.44. The molecule has 37 heavy (non-hydrogen) atoms. The van der Waals surface area contributed by atoms with Crippen molar-refractivity contribution in [3.05, 3.63) is 39.0 Å². The van der Waals surface area contributed by atoms with Crippen LogP contribution >= 0.6 is 23.2 Å². The van der Waals surface area contributed by atoms with Crippen LogP contribution in [0.15, 0.2) is 12.1 Å². The quantitative estimate of drug-likeness (QED) is 0.390. The van der Waals surface area contributed by atoms with Gasteiger partial charge in [-0.25, -0.2) is 18.3 Å². The van der Waals surface area contributed by atoms with Gasteiger partial charge in [0.1, 0.15) is 24.1 Å². The summed E-state index contributed by atoms with van der Waals surface area (Å²) < 4.78 is 149. The lowest BCUT2D eigenvalue weighted by Crippen LogP contribution is -2.42. The highest BCUT2D eigenvalue weighted by atomic mass is 35.5. The van der Waals surface area contributed by atoms with Crippen molar-refractivity contribution < 1.29 is 58.2 Å². The highest BCUT2D eigenvalue weighted by molar-refractivity contribution is 6.38. The average molecular weight is 591 g/mol. The molecule has 0 spiro atoms. The second-order valence-electron chi connectivity index (χ2n) is 7.63. The van der Waals surface area contributed by atoms with Crippen LogP contribution in [0.5, 0.6) is 0 Å². The number of benzene rings is 1. The summed E-state index contributed by atoms with van der Waals surface area (Å²) in [6.07, 6.45) is -21.3. The molecule has 1 aliphatic rings. The van der Waals surface area contributed by atoms with Crippen molar-refractivity contribution in [2.24, 2.45) is 0 Å². The average Bonchev–Trinajstić information content (AvgIpc) is 3.11. The summed E-state index contributed by atoms with van der Waals surface area (Å²) >= 11 is 11.5. The summed E-state index contributed by atoms with van der Waals surface area (Å²) in [5.41, 5.74) is -10.5. The van der Waals surface area contributed by atoms with Crippen LogP contribution in [0.1, 0.15) is 23.2 Å². The third-order valence-corrected chi connectivity index (χ3v) is 5.82. The molecular weight excluding hydrogens is 584 g/mol. The Morgan fingerprint density at radius 2 is 1.59 bits per heavy atom. The normalized spacial score (nSPS) is 19.5. The summed E-state index contributed by atoms with van der Waals surface area (Å²) in [6, 6.07) is 1.23. The number of carboxylic acid groups (broad SMARTS) is 1. The molecule has 3 rings (SSSR count). The van der Waals surface area contributed by atoms with E-state index in [0.29, 0.717) is 0 Å². The first kappa shape index (κ1) is 28.6. The van der Waals surface area contributed by atoms with Crippen LogP contribution in [0.3, 0.4) is 0 Å². The minimum Gasteiger partial charge on any atom is -0.465 e. The Hall–Kier alpha value is -3.00.